The minimum Gasteiger partial charge on any atom is -0.397 e. The van der Waals surface area contributed by atoms with Gasteiger partial charge in [0, 0.05) is 13.2 Å². The summed E-state index contributed by atoms with van der Waals surface area (Å²) in [7, 11) is -1.34. The number of rotatable bonds is 13. The highest BCUT2D eigenvalue weighted by Gasteiger charge is 2.12. The Kier molecular flexibility index (Phi) is 14.3. The van der Waals surface area contributed by atoms with E-state index in [-0.39, 0.29) is 0 Å². The van der Waals surface area contributed by atoms with Gasteiger partial charge >= 0.3 is 9.28 Å². The van der Waals surface area contributed by atoms with Crippen molar-refractivity contribution >= 4 is 9.28 Å². The summed E-state index contributed by atoms with van der Waals surface area (Å²) in [5.41, 5.74) is 0. The Morgan fingerprint density at radius 2 is 1.18 bits per heavy atom. The molecule has 0 spiro atoms. The highest BCUT2D eigenvalue weighted by molar-refractivity contribution is 6.44. The van der Waals surface area contributed by atoms with E-state index in [4.69, 9.17) is 8.85 Å². The molecule has 0 fully saturated rings. The summed E-state index contributed by atoms with van der Waals surface area (Å²) in [5.74, 6) is 0. The lowest BCUT2D eigenvalue weighted by molar-refractivity contribution is 0.190. The van der Waals surface area contributed by atoms with Crippen LogP contribution in [0.3, 0.4) is 0 Å². The van der Waals surface area contributed by atoms with Crippen LogP contribution in [0.15, 0.2) is 0 Å². The van der Waals surface area contributed by atoms with E-state index in [2.05, 4.69) is 20.8 Å². The standard InChI is InChI=1S/C14H32O2Si/c1-4-7-10-11-14-17(15-12-8-5-2)16-13-9-6-3/h17H,4-14H2,1-3H3. The minimum atomic E-state index is -1.34. The Balaban J connectivity index is 3.60. The second-order valence-electron chi connectivity index (χ2n) is 4.73. The average Bonchev–Trinajstić information content (AvgIpc) is 2.34. The molecule has 0 rings (SSSR count). The van der Waals surface area contributed by atoms with E-state index >= 15 is 0 Å². The molecular weight excluding hydrogens is 228 g/mol. The summed E-state index contributed by atoms with van der Waals surface area (Å²) in [5, 5.41) is 0. The van der Waals surface area contributed by atoms with Gasteiger partial charge in [-0.05, 0) is 18.9 Å². The maximum absolute atomic E-state index is 5.93. The van der Waals surface area contributed by atoms with E-state index in [0.717, 1.165) is 13.2 Å². The average molecular weight is 260 g/mol. The van der Waals surface area contributed by atoms with Crippen molar-refractivity contribution < 1.29 is 8.85 Å². The molecule has 0 aliphatic heterocycles. The summed E-state index contributed by atoms with van der Waals surface area (Å²) in [4.78, 5) is 0. The molecule has 0 unspecified atom stereocenters. The van der Waals surface area contributed by atoms with Crippen molar-refractivity contribution in [3.05, 3.63) is 0 Å². The summed E-state index contributed by atoms with van der Waals surface area (Å²) in [6.07, 6.45) is 10.1. The maximum Gasteiger partial charge on any atom is 0.321 e. The fourth-order valence-electron chi connectivity index (χ4n) is 1.67. The van der Waals surface area contributed by atoms with Crippen molar-refractivity contribution in [2.24, 2.45) is 0 Å². The third-order valence-corrected chi connectivity index (χ3v) is 4.99. The lowest BCUT2D eigenvalue weighted by atomic mass is 10.2. The lowest BCUT2D eigenvalue weighted by Gasteiger charge is -2.16. The second-order valence-corrected chi connectivity index (χ2v) is 6.83. The quantitative estimate of drug-likeness (QED) is 0.360. The predicted octanol–water partition coefficient (Wildman–Crippen LogP) is 4.42. The van der Waals surface area contributed by atoms with Crippen molar-refractivity contribution in [3.8, 4) is 0 Å². The Morgan fingerprint density at radius 1 is 0.647 bits per heavy atom. The molecule has 0 atom stereocenters. The minimum absolute atomic E-state index is 0.910. The molecule has 0 aromatic rings. The first kappa shape index (κ1) is 17.1. The molecule has 0 N–H and O–H groups in total. The van der Waals surface area contributed by atoms with Crippen LogP contribution in [0.25, 0.3) is 0 Å². The van der Waals surface area contributed by atoms with Crippen LogP contribution in [0.2, 0.25) is 6.04 Å². The molecule has 0 radical (unpaired) electrons. The Labute approximate surface area is 110 Å². The predicted molar refractivity (Wildman–Crippen MR) is 77.8 cm³/mol. The van der Waals surface area contributed by atoms with Crippen molar-refractivity contribution in [1.29, 1.82) is 0 Å². The van der Waals surface area contributed by atoms with Crippen LogP contribution in [-0.4, -0.2) is 22.5 Å². The third-order valence-electron chi connectivity index (χ3n) is 2.90. The summed E-state index contributed by atoms with van der Waals surface area (Å²) in [6.45, 7) is 8.49. The van der Waals surface area contributed by atoms with Gasteiger partial charge in [0.05, 0.1) is 0 Å². The van der Waals surface area contributed by atoms with Crippen molar-refractivity contribution in [2.75, 3.05) is 13.2 Å². The Hall–Kier alpha value is 0.137. The first-order valence-electron chi connectivity index (χ1n) is 7.58. The fraction of sp³-hybridized carbons (Fsp3) is 1.00. The largest absolute Gasteiger partial charge is 0.397 e. The fourth-order valence-corrected chi connectivity index (χ4v) is 3.58. The molecule has 0 saturated heterocycles. The molecule has 0 aromatic heterocycles. The van der Waals surface area contributed by atoms with E-state index in [9.17, 15) is 0 Å². The zero-order valence-corrected chi connectivity index (χ0v) is 13.3. The molecule has 0 saturated carbocycles. The monoisotopic (exact) mass is 260 g/mol. The topological polar surface area (TPSA) is 18.5 Å². The van der Waals surface area contributed by atoms with E-state index in [1.807, 2.05) is 0 Å². The molecule has 0 amide bonds. The van der Waals surface area contributed by atoms with E-state index in [0.29, 0.717) is 0 Å². The SMILES string of the molecule is CCCCCC[SiH](OCCCC)OCCCC. The molecule has 3 heteroatoms. The van der Waals surface area contributed by atoms with Gasteiger partial charge in [0.2, 0.25) is 0 Å². The molecule has 0 bridgehead atoms. The molecule has 17 heavy (non-hydrogen) atoms. The highest BCUT2D eigenvalue weighted by atomic mass is 28.3. The van der Waals surface area contributed by atoms with Gasteiger partial charge < -0.3 is 8.85 Å². The van der Waals surface area contributed by atoms with Gasteiger partial charge in [0.15, 0.2) is 0 Å². The number of hydrogen-bond donors (Lipinski definition) is 0. The smallest absolute Gasteiger partial charge is 0.321 e. The van der Waals surface area contributed by atoms with Crippen molar-refractivity contribution in [1.82, 2.24) is 0 Å². The summed E-state index contributed by atoms with van der Waals surface area (Å²) >= 11 is 0. The van der Waals surface area contributed by atoms with Crippen LogP contribution >= 0.6 is 0 Å². The van der Waals surface area contributed by atoms with Crippen LogP contribution in [0.4, 0.5) is 0 Å². The van der Waals surface area contributed by atoms with Crippen LogP contribution in [0.1, 0.15) is 72.1 Å². The summed E-state index contributed by atoms with van der Waals surface area (Å²) in [6, 6.07) is 1.20. The molecule has 104 valence electrons. The van der Waals surface area contributed by atoms with Crippen LogP contribution in [0.5, 0.6) is 0 Å². The van der Waals surface area contributed by atoms with Crippen LogP contribution in [-0.2, 0) is 8.85 Å². The molecule has 0 aliphatic rings. The van der Waals surface area contributed by atoms with Gasteiger partial charge in [-0.25, -0.2) is 0 Å². The van der Waals surface area contributed by atoms with E-state index in [1.54, 1.807) is 0 Å². The molecule has 0 aromatic carbocycles. The van der Waals surface area contributed by atoms with Gasteiger partial charge in [-0.1, -0.05) is 59.3 Å². The number of hydrogen-bond acceptors (Lipinski definition) is 2. The van der Waals surface area contributed by atoms with Crippen molar-refractivity contribution in [3.63, 3.8) is 0 Å². The number of unbranched alkanes of at least 4 members (excludes halogenated alkanes) is 5. The highest BCUT2D eigenvalue weighted by Crippen LogP contribution is 2.09. The zero-order valence-electron chi connectivity index (χ0n) is 12.2. The Morgan fingerprint density at radius 3 is 1.65 bits per heavy atom. The normalized spacial score (nSPS) is 11.3. The molecule has 0 aliphatic carbocycles. The zero-order chi connectivity index (χ0) is 12.8. The van der Waals surface area contributed by atoms with Gasteiger partial charge in [0.25, 0.3) is 0 Å². The first-order valence-corrected chi connectivity index (χ1v) is 9.34. The van der Waals surface area contributed by atoms with E-state index < -0.39 is 9.28 Å². The molecule has 0 heterocycles. The molecular formula is C14H32O2Si. The van der Waals surface area contributed by atoms with Gasteiger partial charge in [-0.2, -0.15) is 0 Å². The van der Waals surface area contributed by atoms with E-state index in [1.165, 1.54) is 57.4 Å². The third kappa shape index (κ3) is 12.4. The van der Waals surface area contributed by atoms with Gasteiger partial charge in [0.1, 0.15) is 0 Å². The first-order chi connectivity index (χ1) is 8.35. The van der Waals surface area contributed by atoms with Gasteiger partial charge in [-0.15, -0.1) is 0 Å². The van der Waals surface area contributed by atoms with Crippen molar-refractivity contribution in [2.45, 2.75) is 78.2 Å². The van der Waals surface area contributed by atoms with Gasteiger partial charge in [-0.3, -0.25) is 0 Å². The summed E-state index contributed by atoms with van der Waals surface area (Å²) < 4.78 is 11.9. The van der Waals surface area contributed by atoms with Crippen LogP contribution in [0, 0.1) is 0 Å². The lowest BCUT2D eigenvalue weighted by Crippen LogP contribution is -2.24. The Bertz CT molecular complexity index is 132. The van der Waals surface area contributed by atoms with Crippen LogP contribution < -0.4 is 0 Å². The second kappa shape index (κ2) is 14.2. The maximum atomic E-state index is 5.93. The molecule has 2 nitrogen and oxygen atoms in total.